The molecule has 1 aliphatic carbocycles. The molecular formula is C22H22FN5O. The number of halogens is 1. The number of anilines is 1. The van der Waals surface area contributed by atoms with E-state index in [1.165, 1.54) is 12.1 Å². The van der Waals surface area contributed by atoms with Gasteiger partial charge in [-0.25, -0.2) is 19.3 Å². The molecule has 0 aliphatic heterocycles. The Morgan fingerprint density at radius 3 is 2.62 bits per heavy atom. The van der Waals surface area contributed by atoms with Gasteiger partial charge in [-0.1, -0.05) is 6.07 Å². The van der Waals surface area contributed by atoms with Crippen LogP contribution in [0.3, 0.4) is 0 Å². The van der Waals surface area contributed by atoms with Gasteiger partial charge in [-0.2, -0.15) is 0 Å². The fourth-order valence-corrected chi connectivity index (χ4v) is 3.63. The summed E-state index contributed by atoms with van der Waals surface area (Å²) in [5, 5.41) is 6.47. The molecule has 0 saturated heterocycles. The third-order valence-electron chi connectivity index (χ3n) is 5.11. The Labute approximate surface area is 168 Å². The van der Waals surface area contributed by atoms with Crippen molar-refractivity contribution in [2.24, 2.45) is 0 Å². The number of aryl methyl sites for hydroxylation is 1. The molecule has 2 heterocycles. The largest absolute Gasteiger partial charge is 0.365 e. The zero-order valence-electron chi connectivity index (χ0n) is 16.1. The predicted molar refractivity (Wildman–Crippen MR) is 109 cm³/mol. The fraction of sp³-hybridized carbons (Fsp3) is 0.273. The van der Waals surface area contributed by atoms with E-state index >= 15 is 0 Å². The lowest BCUT2D eigenvalue weighted by atomic mass is 10.0. The third kappa shape index (κ3) is 4.39. The quantitative estimate of drug-likeness (QED) is 0.692. The molecule has 6 nitrogen and oxygen atoms in total. The van der Waals surface area contributed by atoms with Gasteiger partial charge in [-0.05, 0) is 62.1 Å². The zero-order chi connectivity index (χ0) is 20.2. The lowest BCUT2D eigenvalue weighted by molar-refractivity contribution is 0.0936. The lowest BCUT2D eigenvalue weighted by Crippen LogP contribution is -2.43. The Kier molecular flexibility index (Phi) is 5.46. The number of pyridine rings is 1. The number of carbonyl (C=O) groups is 1. The number of rotatable bonds is 5. The molecule has 3 aromatic rings. The highest BCUT2D eigenvalue weighted by Crippen LogP contribution is 2.25. The molecule has 0 radical (unpaired) electrons. The number of benzene rings is 1. The number of hydrogen-bond donors (Lipinski definition) is 2. The maximum atomic E-state index is 13.9. The van der Waals surface area contributed by atoms with Crippen LogP contribution in [0, 0.1) is 12.7 Å². The number of carbonyl (C=O) groups excluding carboxylic acids is 1. The van der Waals surface area contributed by atoms with E-state index in [2.05, 4.69) is 25.6 Å². The van der Waals surface area contributed by atoms with Gasteiger partial charge < -0.3 is 10.6 Å². The van der Waals surface area contributed by atoms with Gasteiger partial charge in [-0.15, -0.1) is 0 Å². The van der Waals surface area contributed by atoms with Crippen molar-refractivity contribution in [2.75, 3.05) is 5.32 Å². The summed E-state index contributed by atoms with van der Waals surface area (Å²) in [5.41, 5.74) is 1.83. The first-order valence-corrected chi connectivity index (χ1v) is 9.67. The van der Waals surface area contributed by atoms with Crippen molar-refractivity contribution < 1.29 is 9.18 Å². The van der Waals surface area contributed by atoms with Crippen LogP contribution in [0.15, 0.2) is 55.0 Å². The molecule has 7 heteroatoms. The van der Waals surface area contributed by atoms with E-state index < -0.39 is 5.82 Å². The second kappa shape index (κ2) is 8.34. The van der Waals surface area contributed by atoms with Gasteiger partial charge in [-0.3, -0.25) is 4.79 Å². The van der Waals surface area contributed by atoms with Crippen molar-refractivity contribution in [1.82, 2.24) is 20.3 Å². The molecule has 0 unspecified atom stereocenters. The topological polar surface area (TPSA) is 79.8 Å². The van der Waals surface area contributed by atoms with Crippen molar-refractivity contribution in [3.63, 3.8) is 0 Å². The minimum absolute atomic E-state index is 0.0686. The van der Waals surface area contributed by atoms with Crippen LogP contribution < -0.4 is 10.6 Å². The average Bonchev–Trinajstić information content (AvgIpc) is 3.16. The molecular weight excluding hydrogens is 369 g/mol. The third-order valence-corrected chi connectivity index (χ3v) is 5.11. The Hall–Kier alpha value is -3.35. The normalized spacial score (nSPS) is 18.4. The molecule has 2 aromatic heterocycles. The predicted octanol–water partition coefficient (Wildman–Crippen LogP) is 3.75. The van der Waals surface area contributed by atoms with Crippen LogP contribution in [0.25, 0.3) is 11.4 Å². The summed E-state index contributed by atoms with van der Waals surface area (Å²) in [6.45, 7) is 1.99. The highest BCUT2D eigenvalue weighted by atomic mass is 19.1. The van der Waals surface area contributed by atoms with Gasteiger partial charge in [0.25, 0.3) is 5.91 Å². The Balaban J connectivity index is 1.53. The fourth-order valence-electron chi connectivity index (χ4n) is 3.63. The second-order valence-electron chi connectivity index (χ2n) is 7.24. The van der Waals surface area contributed by atoms with Crippen LogP contribution in [0.1, 0.15) is 35.2 Å². The number of nitrogens with one attached hydrogen (secondary N) is 2. The first kappa shape index (κ1) is 19.0. The van der Waals surface area contributed by atoms with E-state index in [9.17, 15) is 9.18 Å². The molecule has 29 heavy (non-hydrogen) atoms. The van der Waals surface area contributed by atoms with Crippen molar-refractivity contribution >= 4 is 11.7 Å². The Morgan fingerprint density at radius 2 is 1.86 bits per heavy atom. The molecule has 2 N–H and O–H groups in total. The molecule has 1 fully saturated rings. The van der Waals surface area contributed by atoms with Crippen LogP contribution in [-0.2, 0) is 0 Å². The summed E-state index contributed by atoms with van der Waals surface area (Å²) in [5.74, 6) is 0.371. The summed E-state index contributed by atoms with van der Waals surface area (Å²) in [6.07, 6.45) is 7.77. The van der Waals surface area contributed by atoms with Gasteiger partial charge in [0.2, 0.25) is 0 Å². The molecule has 0 bridgehead atoms. The van der Waals surface area contributed by atoms with Crippen molar-refractivity contribution in [3.8, 4) is 11.4 Å². The number of hydrogen-bond acceptors (Lipinski definition) is 5. The Bertz CT molecular complexity index is 994. The lowest BCUT2D eigenvalue weighted by Gasteiger charge is -2.23. The van der Waals surface area contributed by atoms with Gasteiger partial charge in [0.15, 0.2) is 5.82 Å². The van der Waals surface area contributed by atoms with Gasteiger partial charge in [0.05, 0.1) is 5.56 Å². The maximum absolute atomic E-state index is 13.9. The molecule has 1 saturated carbocycles. The van der Waals surface area contributed by atoms with E-state index in [4.69, 9.17) is 0 Å². The molecule has 148 valence electrons. The summed E-state index contributed by atoms with van der Waals surface area (Å²) in [6, 6.07) is 9.71. The maximum Gasteiger partial charge on any atom is 0.252 e. The summed E-state index contributed by atoms with van der Waals surface area (Å²) < 4.78 is 13.9. The molecule has 1 amide bonds. The molecule has 1 aliphatic rings. The first-order valence-electron chi connectivity index (χ1n) is 9.67. The molecule has 4 rings (SSSR count). The molecule has 0 spiro atoms. The minimum atomic E-state index is -0.472. The monoisotopic (exact) mass is 391 g/mol. The smallest absolute Gasteiger partial charge is 0.252 e. The van der Waals surface area contributed by atoms with E-state index in [0.29, 0.717) is 11.4 Å². The molecule has 1 aromatic carbocycles. The summed E-state index contributed by atoms with van der Waals surface area (Å²) in [4.78, 5) is 25.8. The van der Waals surface area contributed by atoms with Crippen LogP contribution in [0.2, 0.25) is 0 Å². The molecule has 2 atom stereocenters. The minimum Gasteiger partial charge on any atom is -0.365 e. The summed E-state index contributed by atoms with van der Waals surface area (Å²) >= 11 is 0. The second-order valence-corrected chi connectivity index (χ2v) is 7.24. The van der Waals surface area contributed by atoms with Crippen molar-refractivity contribution in [2.45, 2.75) is 38.3 Å². The first-order chi connectivity index (χ1) is 14.1. The van der Waals surface area contributed by atoms with Gasteiger partial charge >= 0.3 is 0 Å². The number of amides is 1. The van der Waals surface area contributed by atoms with Crippen LogP contribution in [-0.4, -0.2) is 32.9 Å². The van der Waals surface area contributed by atoms with E-state index in [0.717, 1.165) is 30.6 Å². The Morgan fingerprint density at radius 1 is 1.07 bits per heavy atom. The van der Waals surface area contributed by atoms with Crippen molar-refractivity contribution in [3.05, 3.63) is 71.9 Å². The highest BCUT2D eigenvalue weighted by Gasteiger charge is 2.30. The summed E-state index contributed by atoms with van der Waals surface area (Å²) in [7, 11) is 0. The van der Waals surface area contributed by atoms with E-state index in [1.807, 2.05) is 25.3 Å². The standard InChI is InChI=1S/C22H22FN5O/c1-14-6-9-20(26-13-14)27-18-4-2-5-19(18)28-22(29)17-12-15(23)7-8-16(17)21-24-10-3-11-25-21/h3,6-13,18-19H,2,4-5H2,1H3,(H,26,27)(H,28,29)/t18-,19+/m0/s1. The van der Waals surface area contributed by atoms with E-state index in [1.54, 1.807) is 24.5 Å². The average molecular weight is 391 g/mol. The van der Waals surface area contributed by atoms with E-state index in [-0.39, 0.29) is 23.6 Å². The number of aromatic nitrogens is 3. The van der Waals surface area contributed by atoms with Crippen molar-refractivity contribution in [1.29, 1.82) is 0 Å². The highest BCUT2D eigenvalue weighted by molar-refractivity contribution is 6.00. The van der Waals surface area contributed by atoms with Crippen LogP contribution in [0.4, 0.5) is 10.2 Å². The SMILES string of the molecule is Cc1ccc(N[C@H]2CCC[C@H]2NC(=O)c2cc(F)ccc2-c2ncccn2)nc1. The van der Waals surface area contributed by atoms with Crippen LogP contribution >= 0.6 is 0 Å². The zero-order valence-corrected chi connectivity index (χ0v) is 16.1. The van der Waals surface area contributed by atoms with Gasteiger partial charge in [0, 0.05) is 36.2 Å². The number of nitrogens with zero attached hydrogens (tertiary/aromatic N) is 3. The van der Waals surface area contributed by atoms with Gasteiger partial charge in [0.1, 0.15) is 11.6 Å². The van der Waals surface area contributed by atoms with Crippen LogP contribution in [0.5, 0.6) is 0 Å².